The van der Waals surface area contributed by atoms with Crippen LogP contribution in [-0.2, 0) is 11.2 Å². The molecule has 0 saturated heterocycles. The lowest BCUT2D eigenvalue weighted by Crippen LogP contribution is -2.47. The van der Waals surface area contributed by atoms with Gasteiger partial charge in [0.1, 0.15) is 6.04 Å². The maximum absolute atomic E-state index is 13.1. The fraction of sp³-hybridized carbons (Fsp3) is 0.333. The smallest absolute Gasteiger partial charge is 0.256 e. The van der Waals surface area contributed by atoms with Gasteiger partial charge in [-0.1, -0.05) is 56.3 Å². The molecule has 1 unspecified atom stereocenters. The van der Waals surface area contributed by atoms with E-state index in [1.54, 1.807) is 17.0 Å². The number of carbonyl (C=O) groups excluding carboxylic acids is 2. The van der Waals surface area contributed by atoms with E-state index in [0.29, 0.717) is 30.1 Å². The largest absolute Gasteiger partial charge is 0.326 e. The van der Waals surface area contributed by atoms with Crippen LogP contribution in [0.1, 0.15) is 36.2 Å². The molecule has 0 aliphatic carbocycles. The van der Waals surface area contributed by atoms with E-state index in [1.807, 2.05) is 30.3 Å². The first kappa shape index (κ1) is 17.2. The van der Waals surface area contributed by atoms with E-state index in [-0.39, 0.29) is 11.8 Å². The summed E-state index contributed by atoms with van der Waals surface area (Å²) in [4.78, 5) is 27.6. The summed E-state index contributed by atoms with van der Waals surface area (Å²) in [7, 11) is 0. The second-order valence-corrected chi connectivity index (χ2v) is 6.93. The predicted octanol–water partition coefficient (Wildman–Crippen LogP) is 3.74. The number of hydrogen-bond acceptors (Lipinski definition) is 2. The Bertz CT molecular complexity index is 756. The highest BCUT2D eigenvalue weighted by Crippen LogP contribution is 2.25. The Hall–Kier alpha value is -2.62. The zero-order valence-corrected chi connectivity index (χ0v) is 14.7. The molecule has 0 saturated carbocycles. The number of amides is 2. The second-order valence-electron chi connectivity index (χ2n) is 6.93. The summed E-state index contributed by atoms with van der Waals surface area (Å²) < 4.78 is 0. The monoisotopic (exact) mass is 336 g/mol. The first-order chi connectivity index (χ1) is 12.1. The third kappa shape index (κ3) is 3.90. The predicted molar refractivity (Wildman–Crippen MR) is 99.5 cm³/mol. The molecule has 0 bridgehead atoms. The van der Waals surface area contributed by atoms with E-state index in [4.69, 9.17) is 0 Å². The van der Waals surface area contributed by atoms with Gasteiger partial charge in [0.25, 0.3) is 5.91 Å². The summed E-state index contributed by atoms with van der Waals surface area (Å²) in [5.74, 6) is 0.122. The van der Waals surface area contributed by atoms with Crippen LogP contribution in [0.4, 0.5) is 5.69 Å². The minimum Gasteiger partial charge on any atom is -0.326 e. The number of hydrogen-bond donors (Lipinski definition) is 1. The number of aryl methyl sites for hydroxylation is 1. The summed E-state index contributed by atoms with van der Waals surface area (Å²) in [6.45, 7) is 4.70. The molecular weight excluding hydrogens is 312 g/mol. The molecule has 1 N–H and O–H groups in total. The van der Waals surface area contributed by atoms with Gasteiger partial charge in [0.15, 0.2) is 0 Å². The van der Waals surface area contributed by atoms with Gasteiger partial charge in [-0.15, -0.1) is 0 Å². The number of anilines is 1. The second kappa shape index (κ2) is 7.51. The van der Waals surface area contributed by atoms with Crippen LogP contribution in [0.25, 0.3) is 0 Å². The van der Waals surface area contributed by atoms with Crippen LogP contribution < -0.4 is 5.32 Å². The van der Waals surface area contributed by atoms with E-state index >= 15 is 0 Å². The van der Waals surface area contributed by atoms with Gasteiger partial charge in [0.05, 0.1) is 11.3 Å². The van der Waals surface area contributed by atoms with Crippen molar-refractivity contribution in [2.75, 3.05) is 11.9 Å². The van der Waals surface area contributed by atoms with Gasteiger partial charge in [-0.2, -0.15) is 0 Å². The van der Waals surface area contributed by atoms with Crippen molar-refractivity contribution in [3.8, 4) is 0 Å². The van der Waals surface area contributed by atoms with Gasteiger partial charge in [0.2, 0.25) is 5.91 Å². The lowest BCUT2D eigenvalue weighted by molar-refractivity contribution is -0.120. The number of benzene rings is 2. The molecular formula is C21H24N2O2. The van der Waals surface area contributed by atoms with Crippen molar-refractivity contribution in [3.05, 3.63) is 65.7 Å². The molecule has 4 nitrogen and oxygen atoms in total. The van der Waals surface area contributed by atoms with E-state index in [9.17, 15) is 9.59 Å². The zero-order chi connectivity index (χ0) is 17.8. The van der Waals surface area contributed by atoms with Gasteiger partial charge < -0.3 is 10.2 Å². The first-order valence-electron chi connectivity index (χ1n) is 8.81. The zero-order valence-electron chi connectivity index (χ0n) is 14.7. The van der Waals surface area contributed by atoms with Crippen molar-refractivity contribution in [2.24, 2.45) is 5.92 Å². The SMILES string of the molecule is CC(C)CN1C(=O)c2ccccc2NC(=O)C1CCc1ccccc1. The molecule has 130 valence electrons. The summed E-state index contributed by atoms with van der Waals surface area (Å²) in [6, 6.07) is 16.9. The minimum atomic E-state index is -0.456. The Balaban J connectivity index is 1.88. The third-order valence-corrected chi connectivity index (χ3v) is 4.47. The third-order valence-electron chi connectivity index (χ3n) is 4.47. The van der Waals surface area contributed by atoms with Crippen LogP contribution in [-0.4, -0.2) is 29.3 Å². The van der Waals surface area contributed by atoms with Crippen LogP contribution >= 0.6 is 0 Å². The van der Waals surface area contributed by atoms with Crippen molar-refractivity contribution in [3.63, 3.8) is 0 Å². The molecule has 1 aliphatic rings. The summed E-state index contributed by atoms with van der Waals surface area (Å²) in [5.41, 5.74) is 2.35. The summed E-state index contributed by atoms with van der Waals surface area (Å²) in [6.07, 6.45) is 1.37. The lowest BCUT2D eigenvalue weighted by Gasteiger charge is -2.30. The van der Waals surface area contributed by atoms with Gasteiger partial charge in [-0.05, 0) is 36.5 Å². The topological polar surface area (TPSA) is 49.4 Å². The van der Waals surface area contributed by atoms with Crippen molar-refractivity contribution in [1.29, 1.82) is 0 Å². The number of fused-ring (bicyclic) bond motifs is 1. The molecule has 2 aromatic rings. The van der Waals surface area contributed by atoms with Crippen molar-refractivity contribution < 1.29 is 9.59 Å². The average Bonchev–Trinajstić information content (AvgIpc) is 2.70. The van der Waals surface area contributed by atoms with Crippen molar-refractivity contribution in [1.82, 2.24) is 4.90 Å². The van der Waals surface area contributed by atoms with Crippen LogP contribution in [0.5, 0.6) is 0 Å². The number of nitrogens with one attached hydrogen (secondary N) is 1. The van der Waals surface area contributed by atoms with Gasteiger partial charge >= 0.3 is 0 Å². The molecule has 25 heavy (non-hydrogen) atoms. The Kier molecular flexibility index (Phi) is 5.17. The standard InChI is InChI=1S/C21H24N2O2/c1-15(2)14-23-19(13-12-16-8-4-3-5-9-16)20(24)22-18-11-7-6-10-17(18)21(23)25/h3-11,15,19H,12-14H2,1-2H3,(H,22,24). The fourth-order valence-corrected chi connectivity index (χ4v) is 3.27. The number of para-hydroxylation sites is 1. The van der Waals surface area contributed by atoms with Crippen LogP contribution in [0.2, 0.25) is 0 Å². The first-order valence-corrected chi connectivity index (χ1v) is 8.81. The minimum absolute atomic E-state index is 0.0688. The molecule has 1 aliphatic heterocycles. The highest BCUT2D eigenvalue weighted by atomic mass is 16.2. The van der Waals surface area contributed by atoms with Crippen molar-refractivity contribution >= 4 is 17.5 Å². The molecule has 2 aromatic carbocycles. The number of carbonyl (C=O) groups is 2. The van der Waals surface area contributed by atoms with E-state index in [0.717, 1.165) is 6.42 Å². The molecule has 2 amide bonds. The molecule has 0 aromatic heterocycles. The van der Waals surface area contributed by atoms with E-state index in [2.05, 4.69) is 31.3 Å². The van der Waals surface area contributed by atoms with Gasteiger partial charge in [-0.25, -0.2) is 0 Å². The summed E-state index contributed by atoms with van der Waals surface area (Å²) in [5, 5.41) is 2.94. The van der Waals surface area contributed by atoms with E-state index in [1.165, 1.54) is 5.56 Å². The maximum atomic E-state index is 13.1. The molecule has 4 heteroatoms. The number of nitrogens with zero attached hydrogens (tertiary/aromatic N) is 1. The number of rotatable bonds is 5. The van der Waals surface area contributed by atoms with Crippen molar-refractivity contribution in [2.45, 2.75) is 32.7 Å². The highest BCUT2D eigenvalue weighted by Gasteiger charge is 2.35. The van der Waals surface area contributed by atoms with Crippen LogP contribution in [0.3, 0.4) is 0 Å². The maximum Gasteiger partial charge on any atom is 0.256 e. The molecule has 0 fully saturated rings. The van der Waals surface area contributed by atoms with Crippen LogP contribution in [0, 0.1) is 5.92 Å². The summed E-state index contributed by atoms with van der Waals surface area (Å²) >= 11 is 0. The Morgan fingerprint density at radius 2 is 1.68 bits per heavy atom. The Morgan fingerprint density at radius 1 is 1.00 bits per heavy atom. The molecule has 3 rings (SSSR count). The Labute approximate surface area is 148 Å². The molecule has 1 heterocycles. The lowest BCUT2D eigenvalue weighted by atomic mass is 10.0. The van der Waals surface area contributed by atoms with Gasteiger partial charge in [0, 0.05) is 6.54 Å². The fourth-order valence-electron chi connectivity index (χ4n) is 3.27. The average molecular weight is 336 g/mol. The molecule has 0 radical (unpaired) electrons. The highest BCUT2D eigenvalue weighted by molar-refractivity contribution is 6.09. The van der Waals surface area contributed by atoms with Crippen LogP contribution in [0.15, 0.2) is 54.6 Å². The molecule has 1 atom stereocenters. The normalized spacial score (nSPS) is 17.2. The quantitative estimate of drug-likeness (QED) is 0.904. The molecule has 0 spiro atoms. The van der Waals surface area contributed by atoms with Gasteiger partial charge in [-0.3, -0.25) is 9.59 Å². The van der Waals surface area contributed by atoms with E-state index < -0.39 is 6.04 Å². The Morgan fingerprint density at radius 3 is 2.40 bits per heavy atom.